The second-order valence-electron chi connectivity index (χ2n) is 7.09. The van der Waals surface area contributed by atoms with Crippen molar-refractivity contribution >= 4 is 17.5 Å². The van der Waals surface area contributed by atoms with Crippen molar-refractivity contribution < 1.29 is 14.3 Å². The molecule has 1 saturated heterocycles. The number of hydrogen-bond acceptors (Lipinski definition) is 6. The fourth-order valence-corrected chi connectivity index (χ4v) is 3.55. The Balaban J connectivity index is 1.32. The van der Waals surface area contributed by atoms with Crippen molar-refractivity contribution in [3.05, 3.63) is 60.4 Å². The Hall–Kier alpha value is -3.75. The Bertz CT molecular complexity index is 1020. The van der Waals surface area contributed by atoms with E-state index in [1.165, 1.54) is 11.0 Å². The van der Waals surface area contributed by atoms with E-state index in [-0.39, 0.29) is 24.2 Å². The van der Waals surface area contributed by atoms with Crippen LogP contribution in [0.4, 0.5) is 5.69 Å². The van der Waals surface area contributed by atoms with Crippen LogP contribution in [0.2, 0.25) is 0 Å². The van der Waals surface area contributed by atoms with E-state index < -0.39 is 0 Å². The standard InChI is InChI=1S/C21H22N6O3/c1-30-19-5-3-2-4-15(19)10-11-26-13-16(12-20(26)28)21(29)23-17-6-8-18(9-7-17)27-14-22-24-25-27/h2-9,14,16H,10-13H2,1H3,(H,23,29). The molecule has 9 heteroatoms. The molecule has 0 radical (unpaired) electrons. The molecule has 1 atom stereocenters. The summed E-state index contributed by atoms with van der Waals surface area (Å²) in [6.07, 6.45) is 2.40. The Labute approximate surface area is 173 Å². The second kappa shape index (κ2) is 8.73. The summed E-state index contributed by atoms with van der Waals surface area (Å²) in [4.78, 5) is 26.8. The Morgan fingerprint density at radius 1 is 1.20 bits per heavy atom. The number of carbonyl (C=O) groups is 2. The van der Waals surface area contributed by atoms with Crippen molar-refractivity contribution in [3.63, 3.8) is 0 Å². The molecule has 3 aromatic rings. The first-order valence-corrected chi connectivity index (χ1v) is 9.68. The quantitative estimate of drug-likeness (QED) is 0.641. The van der Waals surface area contributed by atoms with Gasteiger partial charge in [0.15, 0.2) is 0 Å². The number of nitrogens with one attached hydrogen (secondary N) is 1. The molecule has 1 fully saturated rings. The number of para-hydroxylation sites is 1. The van der Waals surface area contributed by atoms with Gasteiger partial charge >= 0.3 is 0 Å². The molecule has 9 nitrogen and oxygen atoms in total. The number of likely N-dealkylation sites (tertiary alicyclic amines) is 1. The summed E-state index contributed by atoms with van der Waals surface area (Å²) in [5.74, 6) is 0.287. The maximum atomic E-state index is 12.6. The van der Waals surface area contributed by atoms with Gasteiger partial charge in [-0.3, -0.25) is 9.59 Å². The third kappa shape index (κ3) is 4.29. The van der Waals surface area contributed by atoms with E-state index in [0.717, 1.165) is 17.0 Å². The number of ether oxygens (including phenoxy) is 1. The lowest BCUT2D eigenvalue weighted by Crippen LogP contribution is -2.30. The highest BCUT2D eigenvalue weighted by atomic mass is 16.5. The number of nitrogens with zero attached hydrogens (tertiary/aromatic N) is 5. The molecule has 1 N–H and O–H groups in total. The minimum Gasteiger partial charge on any atom is -0.496 e. The van der Waals surface area contributed by atoms with Gasteiger partial charge in [0.05, 0.1) is 18.7 Å². The highest BCUT2D eigenvalue weighted by Crippen LogP contribution is 2.23. The topological polar surface area (TPSA) is 102 Å². The smallest absolute Gasteiger partial charge is 0.229 e. The summed E-state index contributed by atoms with van der Waals surface area (Å²) < 4.78 is 6.89. The number of methoxy groups -OCH3 is 1. The first kappa shape index (κ1) is 19.6. The number of amides is 2. The average Bonchev–Trinajstić information content (AvgIpc) is 3.43. The van der Waals surface area contributed by atoms with E-state index in [1.807, 2.05) is 36.4 Å². The van der Waals surface area contributed by atoms with Crippen LogP contribution in [0.1, 0.15) is 12.0 Å². The summed E-state index contributed by atoms with van der Waals surface area (Å²) in [6, 6.07) is 14.9. The Kier molecular flexibility index (Phi) is 5.69. The second-order valence-corrected chi connectivity index (χ2v) is 7.09. The van der Waals surface area contributed by atoms with Gasteiger partial charge in [-0.1, -0.05) is 18.2 Å². The third-order valence-corrected chi connectivity index (χ3v) is 5.18. The summed E-state index contributed by atoms with van der Waals surface area (Å²) in [5.41, 5.74) is 2.50. The number of hydrogen-bond donors (Lipinski definition) is 1. The lowest BCUT2D eigenvalue weighted by molar-refractivity contribution is -0.128. The molecule has 0 bridgehead atoms. The molecule has 2 amide bonds. The van der Waals surface area contributed by atoms with Gasteiger partial charge in [0.2, 0.25) is 11.8 Å². The van der Waals surface area contributed by atoms with Crippen molar-refractivity contribution in [1.29, 1.82) is 0 Å². The predicted molar refractivity (Wildman–Crippen MR) is 109 cm³/mol. The van der Waals surface area contributed by atoms with E-state index in [2.05, 4.69) is 20.8 Å². The largest absolute Gasteiger partial charge is 0.496 e. The van der Waals surface area contributed by atoms with E-state index in [0.29, 0.717) is 25.2 Å². The maximum Gasteiger partial charge on any atom is 0.229 e. The number of rotatable bonds is 7. The van der Waals surface area contributed by atoms with Crippen LogP contribution in [-0.2, 0) is 16.0 Å². The molecule has 4 rings (SSSR count). The molecule has 2 heterocycles. The molecule has 1 aliphatic heterocycles. The van der Waals surface area contributed by atoms with Gasteiger partial charge in [-0.15, -0.1) is 5.10 Å². The number of benzene rings is 2. The molecule has 30 heavy (non-hydrogen) atoms. The van der Waals surface area contributed by atoms with Gasteiger partial charge in [0.25, 0.3) is 0 Å². The molecule has 154 valence electrons. The molecule has 1 aliphatic rings. The van der Waals surface area contributed by atoms with Crippen molar-refractivity contribution in [2.45, 2.75) is 12.8 Å². The fraction of sp³-hybridized carbons (Fsp3) is 0.286. The highest BCUT2D eigenvalue weighted by molar-refractivity contribution is 5.97. The van der Waals surface area contributed by atoms with Gasteiger partial charge in [0, 0.05) is 25.2 Å². The number of anilines is 1. The van der Waals surface area contributed by atoms with E-state index in [9.17, 15) is 9.59 Å². The first-order valence-electron chi connectivity index (χ1n) is 9.68. The summed E-state index contributed by atoms with van der Waals surface area (Å²) >= 11 is 0. The first-order chi connectivity index (χ1) is 14.6. The minimum absolute atomic E-state index is 0.000854. The minimum atomic E-state index is -0.366. The lowest BCUT2D eigenvalue weighted by Gasteiger charge is -2.17. The van der Waals surface area contributed by atoms with E-state index in [1.54, 1.807) is 24.1 Å². The van der Waals surface area contributed by atoms with Gasteiger partial charge < -0.3 is 15.0 Å². The van der Waals surface area contributed by atoms with Crippen LogP contribution in [-0.4, -0.2) is 57.1 Å². The third-order valence-electron chi connectivity index (χ3n) is 5.18. The van der Waals surface area contributed by atoms with Crippen LogP contribution >= 0.6 is 0 Å². The van der Waals surface area contributed by atoms with Crippen LogP contribution < -0.4 is 10.1 Å². The molecule has 0 saturated carbocycles. The summed E-state index contributed by atoms with van der Waals surface area (Å²) in [6.45, 7) is 0.978. The van der Waals surface area contributed by atoms with E-state index >= 15 is 0 Å². The lowest BCUT2D eigenvalue weighted by atomic mass is 10.1. The van der Waals surface area contributed by atoms with Gasteiger partial charge in [-0.25, -0.2) is 4.68 Å². The SMILES string of the molecule is COc1ccccc1CCN1CC(C(=O)Nc2ccc(-n3cnnn3)cc2)CC1=O. The van der Waals surface area contributed by atoms with Gasteiger partial charge in [0.1, 0.15) is 12.1 Å². The Morgan fingerprint density at radius 3 is 2.73 bits per heavy atom. The normalized spacial score (nSPS) is 16.0. The zero-order valence-electron chi connectivity index (χ0n) is 16.6. The van der Waals surface area contributed by atoms with Crippen LogP contribution in [0.25, 0.3) is 5.69 Å². The number of aromatic nitrogens is 4. The average molecular weight is 406 g/mol. The van der Waals surface area contributed by atoms with Crippen LogP contribution in [0.3, 0.4) is 0 Å². The van der Waals surface area contributed by atoms with Crippen LogP contribution in [0.5, 0.6) is 5.75 Å². The van der Waals surface area contributed by atoms with Gasteiger partial charge in [-0.2, -0.15) is 0 Å². The predicted octanol–water partition coefficient (Wildman–Crippen LogP) is 1.70. The monoisotopic (exact) mass is 406 g/mol. The molecular weight excluding hydrogens is 384 g/mol. The summed E-state index contributed by atoms with van der Waals surface area (Å²) in [5, 5.41) is 13.9. The maximum absolute atomic E-state index is 12.6. The van der Waals surface area contributed by atoms with Gasteiger partial charge in [-0.05, 0) is 52.7 Å². The Morgan fingerprint density at radius 2 is 2.00 bits per heavy atom. The van der Waals surface area contributed by atoms with Crippen molar-refractivity contribution in [2.24, 2.45) is 5.92 Å². The van der Waals surface area contributed by atoms with Crippen LogP contribution in [0.15, 0.2) is 54.9 Å². The molecule has 1 unspecified atom stereocenters. The molecule has 0 spiro atoms. The number of carbonyl (C=O) groups excluding carboxylic acids is 2. The number of tetrazole rings is 1. The molecule has 1 aromatic heterocycles. The fourth-order valence-electron chi connectivity index (χ4n) is 3.55. The molecule has 2 aromatic carbocycles. The summed E-state index contributed by atoms with van der Waals surface area (Å²) in [7, 11) is 1.63. The zero-order chi connectivity index (χ0) is 20.9. The van der Waals surface area contributed by atoms with Crippen molar-refractivity contribution in [2.75, 3.05) is 25.5 Å². The zero-order valence-corrected chi connectivity index (χ0v) is 16.6. The van der Waals surface area contributed by atoms with Crippen molar-refractivity contribution in [3.8, 4) is 11.4 Å². The molecular formula is C21H22N6O3. The van der Waals surface area contributed by atoms with E-state index in [4.69, 9.17) is 4.74 Å². The molecule has 0 aliphatic carbocycles. The van der Waals surface area contributed by atoms with Crippen molar-refractivity contribution in [1.82, 2.24) is 25.1 Å². The highest BCUT2D eigenvalue weighted by Gasteiger charge is 2.34. The van der Waals surface area contributed by atoms with Crippen LogP contribution in [0, 0.1) is 5.92 Å².